The molecule has 13 heteroatoms. The largest absolute Gasteiger partial charge is 0.351 e. The van der Waals surface area contributed by atoms with Crippen LogP contribution in [0.4, 0.5) is 0 Å². The van der Waals surface area contributed by atoms with Gasteiger partial charge in [-0.1, -0.05) is 88.9 Å². The van der Waals surface area contributed by atoms with Crippen molar-refractivity contribution in [1.82, 2.24) is 40.8 Å². The Kier molecular flexibility index (Phi) is 14.6. The Labute approximate surface area is 389 Å². The van der Waals surface area contributed by atoms with E-state index in [1.54, 1.807) is 0 Å². The monoisotopic (exact) mass is 897 g/mol. The predicted octanol–water partition coefficient (Wildman–Crippen LogP) is 9.07. The molecule has 2 aromatic heterocycles. The van der Waals surface area contributed by atoms with Crippen molar-refractivity contribution >= 4 is 29.1 Å². The summed E-state index contributed by atoms with van der Waals surface area (Å²) in [4.78, 5) is 57.1. The molecular formula is C53H68N8O5. The van der Waals surface area contributed by atoms with Gasteiger partial charge in [0.25, 0.3) is 5.91 Å². The van der Waals surface area contributed by atoms with Crippen LogP contribution in [0.15, 0.2) is 72.1 Å². The van der Waals surface area contributed by atoms with Gasteiger partial charge in [-0.25, -0.2) is 9.97 Å². The van der Waals surface area contributed by atoms with E-state index >= 15 is 0 Å². The Morgan fingerprint density at radius 3 is 2.42 bits per heavy atom. The van der Waals surface area contributed by atoms with Gasteiger partial charge >= 0.3 is 0 Å². The normalized spacial score (nSPS) is 17.9. The summed E-state index contributed by atoms with van der Waals surface area (Å²) in [5.74, 6) is 1.32. The third-order valence-electron chi connectivity index (χ3n) is 14.3. The van der Waals surface area contributed by atoms with Crippen molar-refractivity contribution in [3.63, 3.8) is 0 Å². The van der Waals surface area contributed by atoms with Crippen molar-refractivity contribution in [2.75, 3.05) is 20.2 Å². The molecule has 1 aliphatic heterocycles. The summed E-state index contributed by atoms with van der Waals surface area (Å²) < 4.78 is 4.99. The number of allylic oxidation sites excluding steroid dienone is 1. The van der Waals surface area contributed by atoms with Gasteiger partial charge in [0.15, 0.2) is 0 Å². The molecule has 13 nitrogen and oxygen atoms in total. The number of aliphatic hydroxyl groups is 1. The second-order valence-corrected chi connectivity index (χ2v) is 19.2. The van der Waals surface area contributed by atoms with Crippen molar-refractivity contribution < 1.29 is 24.2 Å². The zero-order valence-corrected chi connectivity index (χ0v) is 39.6. The van der Waals surface area contributed by atoms with E-state index in [0.29, 0.717) is 25.2 Å². The van der Waals surface area contributed by atoms with E-state index in [1.807, 2.05) is 38.8 Å². The molecule has 1 unspecified atom stereocenters. The number of ether oxygens (including phenoxy) is 1. The molecule has 350 valence electrons. The number of hydrogen-bond acceptors (Lipinski definition) is 9. The van der Waals surface area contributed by atoms with Crippen molar-refractivity contribution in [1.29, 1.82) is 0 Å². The SMILES string of the molecule is CCCC[C@H](NC(=O)[C@@H](NCCC=O)C(C)C)c1ncc(-c2ccc(-c3ccc(-c4ccc5nc([C@@H]6CCCN6C(=O)C(NC(O)OC)=C(C)C)[nH]c5c4)c4c3C3(CCCC3)CC4)cc2)[nH]1. The molecule has 1 spiro atoms. The average molecular weight is 897 g/mol. The molecule has 3 aliphatic rings. The molecule has 4 atom stereocenters. The van der Waals surface area contributed by atoms with Gasteiger partial charge in [0.2, 0.25) is 12.3 Å². The summed E-state index contributed by atoms with van der Waals surface area (Å²) >= 11 is 0. The highest BCUT2D eigenvalue weighted by Gasteiger charge is 2.44. The van der Waals surface area contributed by atoms with Gasteiger partial charge in [-0.15, -0.1) is 0 Å². The first-order valence-electron chi connectivity index (χ1n) is 24.2. The van der Waals surface area contributed by atoms with Gasteiger partial charge < -0.3 is 45.5 Å². The van der Waals surface area contributed by atoms with E-state index in [9.17, 15) is 19.5 Å². The van der Waals surface area contributed by atoms with Crippen molar-refractivity contribution in [3.05, 3.63) is 94.8 Å². The highest BCUT2D eigenvalue weighted by molar-refractivity contribution is 5.94. The minimum absolute atomic E-state index is 0.0642. The van der Waals surface area contributed by atoms with E-state index in [2.05, 4.69) is 87.4 Å². The molecule has 66 heavy (non-hydrogen) atoms. The molecular weight excluding hydrogens is 829 g/mol. The summed E-state index contributed by atoms with van der Waals surface area (Å²) in [6.07, 6.45) is 13.3. The van der Waals surface area contributed by atoms with E-state index in [4.69, 9.17) is 14.7 Å². The Morgan fingerprint density at radius 2 is 1.71 bits per heavy atom. The van der Waals surface area contributed by atoms with Crippen LogP contribution in [0.3, 0.4) is 0 Å². The summed E-state index contributed by atoms with van der Waals surface area (Å²) in [5.41, 5.74) is 12.9. The summed E-state index contributed by atoms with van der Waals surface area (Å²) in [6.45, 7) is 10.9. The third-order valence-corrected chi connectivity index (χ3v) is 14.3. The number of aliphatic hydroxyl groups excluding tert-OH is 1. The Balaban J connectivity index is 1.05. The average Bonchev–Trinajstić information content (AvgIpc) is 4.19. The summed E-state index contributed by atoms with van der Waals surface area (Å²) in [6, 6.07) is 19.1. The standard InChI is InChI=1S/C53H68N8O5/c1-7-8-13-41(59-50(63)46(32(2)3)54-27-12-29-62)48-55-31-43(58-48)35-17-15-34(16-18-35)38-21-20-37(39-23-26-53(45(38)39)24-9-10-25-53)36-19-22-40-42(30-36)57-49(56-40)44-14-11-28-61(44)51(64)47(33(4)5)60-52(65)66-6/h15-22,29-32,41,44,46,52,54,60,65H,7-14,23-28H2,1-6H3,(H,55,58)(H,56,57)(H,59,63)/t41-,44-,46-,52?/m0/s1. The lowest BCUT2D eigenvalue weighted by atomic mass is 9.76. The van der Waals surface area contributed by atoms with E-state index in [0.717, 1.165) is 96.3 Å². The van der Waals surface area contributed by atoms with Crippen LogP contribution in [0.5, 0.6) is 0 Å². The number of aldehydes is 1. The summed E-state index contributed by atoms with van der Waals surface area (Å²) in [7, 11) is 1.39. The van der Waals surface area contributed by atoms with Gasteiger partial charge in [0, 0.05) is 26.6 Å². The van der Waals surface area contributed by atoms with Crippen LogP contribution >= 0.6 is 0 Å². The fraction of sp³-hybridized carbons (Fsp3) is 0.491. The first-order valence-corrected chi connectivity index (χ1v) is 24.2. The second kappa shape index (κ2) is 20.5. The van der Waals surface area contributed by atoms with Gasteiger partial charge in [0.05, 0.1) is 41.0 Å². The number of methoxy groups -OCH3 is 1. The lowest BCUT2D eigenvalue weighted by Gasteiger charge is -2.28. The lowest BCUT2D eigenvalue weighted by Crippen LogP contribution is -2.48. The number of nitrogens with one attached hydrogen (secondary N) is 5. The smallest absolute Gasteiger partial charge is 0.270 e. The molecule has 2 aliphatic carbocycles. The number of carbonyl (C=O) groups excluding carboxylic acids is 3. The quantitative estimate of drug-likeness (QED) is 0.0204. The zero-order valence-electron chi connectivity index (χ0n) is 39.6. The number of fused-ring (bicyclic) bond motifs is 3. The minimum Gasteiger partial charge on any atom is -0.351 e. The highest BCUT2D eigenvalue weighted by atomic mass is 16.6. The molecule has 5 aromatic rings. The van der Waals surface area contributed by atoms with Crippen molar-refractivity contribution in [2.24, 2.45) is 5.92 Å². The fourth-order valence-corrected chi connectivity index (χ4v) is 10.8. The Morgan fingerprint density at radius 1 is 0.970 bits per heavy atom. The number of hydrogen-bond donors (Lipinski definition) is 6. The van der Waals surface area contributed by atoms with Crippen LogP contribution in [0.1, 0.15) is 140 Å². The van der Waals surface area contributed by atoms with E-state index < -0.39 is 12.5 Å². The molecule has 6 N–H and O–H groups in total. The molecule has 1 saturated carbocycles. The van der Waals surface area contributed by atoms with Crippen molar-refractivity contribution in [3.8, 4) is 33.5 Å². The third kappa shape index (κ3) is 9.61. The number of unbranched alkanes of at least 4 members (excludes halogenated alkanes) is 1. The predicted molar refractivity (Wildman–Crippen MR) is 259 cm³/mol. The topological polar surface area (TPSA) is 177 Å². The molecule has 0 radical (unpaired) electrons. The molecule has 3 aromatic carbocycles. The van der Waals surface area contributed by atoms with E-state index in [-0.39, 0.29) is 35.2 Å². The van der Waals surface area contributed by atoms with Crippen LogP contribution < -0.4 is 16.0 Å². The Bertz CT molecular complexity index is 2550. The molecule has 0 bridgehead atoms. The number of carbonyl (C=O) groups is 3. The number of H-pyrrole nitrogens is 2. The molecule has 2 fully saturated rings. The number of benzene rings is 3. The number of likely N-dealkylation sites (tertiary alicyclic amines) is 1. The van der Waals surface area contributed by atoms with Gasteiger partial charge in [-0.2, -0.15) is 0 Å². The molecule has 8 rings (SSSR count). The van der Waals surface area contributed by atoms with Crippen LogP contribution in [0, 0.1) is 5.92 Å². The molecule has 2 amide bonds. The second-order valence-electron chi connectivity index (χ2n) is 19.2. The zero-order chi connectivity index (χ0) is 46.5. The number of amides is 2. The van der Waals surface area contributed by atoms with E-state index in [1.165, 1.54) is 60.6 Å². The fourth-order valence-electron chi connectivity index (χ4n) is 10.8. The van der Waals surface area contributed by atoms with Gasteiger partial charge in [0.1, 0.15) is 23.6 Å². The van der Waals surface area contributed by atoms with Gasteiger partial charge in [-0.05, 0) is 127 Å². The van der Waals surface area contributed by atoms with Gasteiger partial charge in [-0.3, -0.25) is 9.59 Å². The number of rotatable bonds is 19. The number of nitrogens with zero attached hydrogens (tertiary/aromatic N) is 3. The minimum atomic E-state index is -1.28. The van der Waals surface area contributed by atoms with Crippen LogP contribution in [-0.2, 0) is 31.0 Å². The Hall–Kier alpha value is -5.63. The maximum atomic E-state index is 13.8. The first-order chi connectivity index (χ1) is 31.9. The van der Waals surface area contributed by atoms with Crippen LogP contribution in [-0.4, -0.2) is 80.7 Å². The van der Waals surface area contributed by atoms with Crippen molar-refractivity contribution in [2.45, 2.75) is 142 Å². The maximum Gasteiger partial charge on any atom is 0.270 e. The summed E-state index contributed by atoms with van der Waals surface area (Å²) in [5, 5.41) is 19.5. The van der Waals surface area contributed by atoms with Crippen LogP contribution in [0.2, 0.25) is 0 Å². The number of aromatic amines is 2. The highest BCUT2D eigenvalue weighted by Crippen LogP contribution is 2.55. The first kappa shape index (κ1) is 46.9. The molecule has 1 saturated heterocycles. The number of aromatic nitrogens is 4. The lowest BCUT2D eigenvalue weighted by molar-refractivity contribution is -0.132. The number of imidazole rings is 2. The molecule has 3 heterocycles. The maximum absolute atomic E-state index is 13.8. The van der Waals surface area contributed by atoms with Crippen LogP contribution in [0.25, 0.3) is 44.5 Å².